The minimum atomic E-state index is -0.250. The highest BCUT2D eigenvalue weighted by atomic mass is 32.1. The van der Waals surface area contributed by atoms with Crippen molar-refractivity contribution >= 4 is 33.2 Å². The van der Waals surface area contributed by atoms with Crippen molar-refractivity contribution in [2.75, 3.05) is 20.1 Å². The van der Waals surface area contributed by atoms with Gasteiger partial charge in [-0.1, -0.05) is 18.2 Å². The molecule has 2 amide bonds. The second-order valence-electron chi connectivity index (χ2n) is 7.23. The minimum Gasteiger partial charge on any atom is -0.354 e. The number of likely N-dealkylation sites (tertiary alicyclic amines) is 1. The molecule has 3 aromatic rings. The van der Waals surface area contributed by atoms with Crippen molar-refractivity contribution in [3.05, 3.63) is 64.8 Å². The van der Waals surface area contributed by atoms with Gasteiger partial charge in [0.05, 0.1) is 5.56 Å². The van der Waals surface area contributed by atoms with Crippen LogP contribution in [0.15, 0.2) is 48.0 Å². The summed E-state index contributed by atoms with van der Waals surface area (Å²) in [5, 5.41) is 6.13. The van der Waals surface area contributed by atoms with Crippen molar-refractivity contribution < 1.29 is 9.59 Å². The fraction of sp³-hybridized carbons (Fsp3) is 0.318. The molecule has 0 radical (unpaired) electrons. The lowest BCUT2D eigenvalue weighted by atomic mass is 9.91. The lowest BCUT2D eigenvalue weighted by Crippen LogP contribution is -2.40. The van der Waals surface area contributed by atoms with Gasteiger partial charge in [-0.3, -0.25) is 14.6 Å². The normalized spacial score (nSPS) is 16.9. The molecule has 5 nitrogen and oxygen atoms in total. The highest BCUT2D eigenvalue weighted by molar-refractivity contribution is 7.17. The highest BCUT2D eigenvalue weighted by Crippen LogP contribution is 2.30. The smallest absolute Gasteiger partial charge is 0.269 e. The van der Waals surface area contributed by atoms with Gasteiger partial charge in [0.15, 0.2) is 0 Å². The fourth-order valence-electron chi connectivity index (χ4n) is 3.88. The lowest BCUT2D eigenvalue weighted by molar-refractivity contribution is 0.0672. The molecule has 28 heavy (non-hydrogen) atoms. The van der Waals surface area contributed by atoms with E-state index in [-0.39, 0.29) is 11.8 Å². The van der Waals surface area contributed by atoms with Gasteiger partial charge in [-0.15, -0.1) is 11.3 Å². The predicted molar refractivity (Wildman–Crippen MR) is 112 cm³/mol. The second kappa shape index (κ2) is 8.10. The van der Waals surface area contributed by atoms with E-state index in [0.717, 1.165) is 32.4 Å². The summed E-state index contributed by atoms with van der Waals surface area (Å²) in [4.78, 5) is 30.6. The van der Waals surface area contributed by atoms with E-state index in [2.05, 4.69) is 39.9 Å². The zero-order valence-corrected chi connectivity index (χ0v) is 16.7. The number of piperidine rings is 1. The van der Waals surface area contributed by atoms with Crippen molar-refractivity contribution in [1.82, 2.24) is 15.2 Å². The molecule has 0 spiro atoms. The maximum atomic E-state index is 12.9. The Kier molecular flexibility index (Phi) is 5.39. The predicted octanol–water partition coefficient (Wildman–Crippen LogP) is 3.75. The third-order valence-electron chi connectivity index (χ3n) is 5.35. The maximum Gasteiger partial charge on any atom is 0.269 e. The Morgan fingerprint density at radius 1 is 1.25 bits per heavy atom. The van der Waals surface area contributed by atoms with E-state index >= 15 is 0 Å². The third-order valence-corrected chi connectivity index (χ3v) is 6.36. The molecular formula is C22H23N3O2S. The van der Waals surface area contributed by atoms with Crippen LogP contribution in [0.3, 0.4) is 0 Å². The number of benzene rings is 1. The van der Waals surface area contributed by atoms with E-state index in [0.29, 0.717) is 17.2 Å². The van der Waals surface area contributed by atoms with E-state index in [1.807, 2.05) is 4.90 Å². The third kappa shape index (κ3) is 3.78. The van der Waals surface area contributed by atoms with E-state index < -0.39 is 0 Å². The van der Waals surface area contributed by atoms with Crippen LogP contribution in [0.5, 0.6) is 0 Å². The first-order valence-electron chi connectivity index (χ1n) is 9.58. The molecule has 2 aromatic heterocycles. The van der Waals surface area contributed by atoms with Gasteiger partial charge in [-0.25, -0.2) is 0 Å². The van der Waals surface area contributed by atoms with Crippen LogP contribution in [0, 0.1) is 5.92 Å². The fourth-order valence-corrected chi connectivity index (χ4v) is 4.86. The van der Waals surface area contributed by atoms with Crippen LogP contribution in [0.1, 0.15) is 39.3 Å². The molecule has 0 bridgehead atoms. The standard InChI is InChI=1S/C22H23N3O2S/c1-23-21(26)19-9-8-16(12-24-19)22(27)25-10-4-5-15(13-25)11-17-14-28-20-7-3-2-6-18(17)20/h2-3,6-9,12,14-15H,4-5,10-11,13H2,1H3,(H,23,26)/t15-/m0/s1. The molecule has 1 N–H and O–H groups in total. The van der Waals surface area contributed by atoms with Gasteiger partial charge in [-0.05, 0) is 59.7 Å². The maximum absolute atomic E-state index is 12.9. The van der Waals surface area contributed by atoms with Crippen LogP contribution >= 0.6 is 11.3 Å². The van der Waals surface area contributed by atoms with Gasteiger partial charge in [0.25, 0.3) is 11.8 Å². The van der Waals surface area contributed by atoms with Crippen molar-refractivity contribution in [2.45, 2.75) is 19.3 Å². The van der Waals surface area contributed by atoms with E-state index in [1.165, 1.54) is 21.8 Å². The Morgan fingerprint density at radius 3 is 2.89 bits per heavy atom. The summed E-state index contributed by atoms with van der Waals surface area (Å²) in [5.74, 6) is 0.213. The largest absolute Gasteiger partial charge is 0.354 e. The molecule has 6 heteroatoms. The molecule has 1 aromatic carbocycles. The SMILES string of the molecule is CNC(=O)c1ccc(C(=O)N2CCC[C@@H](Cc3csc4ccccc34)C2)cn1. The van der Waals surface area contributed by atoms with E-state index in [4.69, 9.17) is 0 Å². The van der Waals surface area contributed by atoms with E-state index in [1.54, 1.807) is 30.5 Å². The Morgan fingerprint density at radius 2 is 2.11 bits per heavy atom. The molecule has 1 fully saturated rings. The van der Waals surface area contributed by atoms with Crippen molar-refractivity contribution in [3.8, 4) is 0 Å². The average molecular weight is 394 g/mol. The molecule has 1 saturated heterocycles. The van der Waals surface area contributed by atoms with Crippen LogP contribution < -0.4 is 5.32 Å². The summed E-state index contributed by atoms with van der Waals surface area (Å²) < 4.78 is 1.32. The second-order valence-corrected chi connectivity index (χ2v) is 8.14. The number of carbonyl (C=O) groups excluding carboxylic acids is 2. The minimum absolute atomic E-state index is 0.00386. The Hall–Kier alpha value is -2.73. The number of carbonyl (C=O) groups is 2. The number of nitrogens with zero attached hydrogens (tertiary/aromatic N) is 2. The molecule has 0 aliphatic carbocycles. The number of hydrogen-bond donors (Lipinski definition) is 1. The Balaban J connectivity index is 1.44. The molecule has 4 rings (SSSR count). The summed E-state index contributed by atoms with van der Waals surface area (Å²) in [5.41, 5.74) is 2.24. The summed E-state index contributed by atoms with van der Waals surface area (Å²) in [7, 11) is 1.56. The number of nitrogens with one attached hydrogen (secondary N) is 1. The molecule has 1 atom stereocenters. The first-order chi connectivity index (χ1) is 13.7. The van der Waals surface area contributed by atoms with Crippen molar-refractivity contribution in [2.24, 2.45) is 5.92 Å². The first kappa shape index (κ1) is 18.6. The molecular weight excluding hydrogens is 370 g/mol. The zero-order valence-electron chi connectivity index (χ0n) is 15.9. The molecule has 1 aliphatic rings. The van der Waals surface area contributed by atoms with Gasteiger partial charge in [0.1, 0.15) is 5.69 Å². The van der Waals surface area contributed by atoms with Crippen LogP contribution in [-0.4, -0.2) is 41.8 Å². The van der Waals surface area contributed by atoms with Crippen molar-refractivity contribution in [1.29, 1.82) is 0 Å². The van der Waals surface area contributed by atoms with Crippen LogP contribution in [0.4, 0.5) is 0 Å². The van der Waals surface area contributed by atoms with Gasteiger partial charge in [-0.2, -0.15) is 0 Å². The molecule has 1 aliphatic heterocycles. The summed E-state index contributed by atoms with van der Waals surface area (Å²) >= 11 is 1.79. The van der Waals surface area contributed by atoms with Gasteiger partial charge in [0, 0.05) is 31.0 Å². The van der Waals surface area contributed by atoms with Crippen LogP contribution in [0.2, 0.25) is 0 Å². The number of hydrogen-bond acceptors (Lipinski definition) is 4. The monoisotopic (exact) mass is 393 g/mol. The zero-order chi connectivity index (χ0) is 19.5. The Labute approximate surface area is 168 Å². The van der Waals surface area contributed by atoms with Gasteiger partial charge in [0.2, 0.25) is 0 Å². The van der Waals surface area contributed by atoms with Gasteiger partial charge >= 0.3 is 0 Å². The first-order valence-corrected chi connectivity index (χ1v) is 10.5. The molecule has 0 saturated carbocycles. The average Bonchev–Trinajstić information content (AvgIpc) is 3.16. The van der Waals surface area contributed by atoms with Crippen LogP contribution in [0.25, 0.3) is 10.1 Å². The number of rotatable bonds is 4. The summed E-state index contributed by atoms with van der Waals surface area (Å²) in [6, 6.07) is 11.8. The summed E-state index contributed by atoms with van der Waals surface area (Å²) in [6.45, 7) is 1.54. The number of fused-ring (bicyclic) bond motifs is 1. The quantitative estimate of drug-likeness (QED) is 0.734. The van der Waals surface area contributed by atoms with Gasteiger partial charge < -0.3 is 10.2 Å². The number of aromatic nitrogens is 1. The molecule has 0 unspecified atom stereocenters. The highest BCUT2D eigenvalue weighted by Gasteiger charge is 2.25. The Bertz CT molecular complexity index is 996. The number of amides is 2. The number of thiophene rings is 1. The molecule has 144 valence electrons. The molecule has 3 heterocycles. The number of pyridine rings is 1. The van der Waals surface area contributed by atoms with Crippen LogP contribution in [-0.2, 0) is 6.42 Å². The summed E-state index contributed by atoms with van der Waals surface area (Å²) in [6.07, 6.45) is 4.66. The topological polar surface area (TPSA) is 62.3 Å². The lowest BCUT2D eigenvalue weighted by Gasteiger charge is -2.33. The van der Waals surface area contributed by atoms with E-state index in [9.17, 15) is 9.59 Å². The van der Waals surface area contributed by atoms with Crippen molar-refractivity contribution in [3.63, 3.8) is 0 Å².